The molecule has 0 saturated heterocycles. The predicted molar refractivity (Wildman–Crippen MR) is 66.3 cm³/mol. The third kappa shape index (κ3) is 1.91. The molecule has 3 nitrogen and oxygen atoms in total. The van der Waals surface area contributed by atoms with E-state index in [0.717, 1.165) is 5.56 Å². The third-order valence-corrected chi connectivity index (χ3v) is 2.94. The average molecular weight is 230 g/mol. The van der Waals surface area contributed by atoms with E-state index in [-0.39, 0.29) is 17.2 Å². The second kappa shape index (κ2) is 4.01. The minimum Gasteiger partial charge on any atom is -0.508 e. The summed E-state index contributed by atoms with van der Waals surface area (Å²) in [6, 6.07) is 8.35. The third-order valence-electron chi connectivity index (χ3n) is 2.94. The van der Waals surface area contributed by atoms with E-state index in [4.69, 9.17) is 0 Å². The molecule has 3 N–H and O–H groups in total. The van der Waals surface area contributed by atoms with Crippen molar-refractivity contribution in [3.8, 4) is 28.4 Å². The summed E-state index contributed by atoms with van der Waals surface area (Å²) >= 11 is 0. The van der Waals surface area contributed by atoms with Crippen molar-refractivity contribution < 1.29 is 15.3 Å². The van der Waals surface area contributed by atoms with Gasteiger partial charge in [-0.1, -0.05) is 12.1 Å². The summed E-state index contributed by atoms with van der Waals surface area (Å²) in [5, 5.41) is 29.1. The van der Waals surface area contributed by atoms with Crippen LogP contribution in [0.15, 0.2) is 30.3 Å². The molecule has 0 spiro atoms. The van der Waals surface area contributed by atoms with Crippen LogP contribution in [-0.4, -0.2) is 15.3 Å². The summed E-state index contributed by atoms with van der Waals surface area (Å²) in [6.45, 7) is 3.61. The van der Waals surface area contributed by atoms with Gasteiger partial charge in [0.05, 0.1) is 0 Å². The first kappa shape index (κ1) is 11.3. The van der Waals surface area contributed by atoms with Crippen molar-refractivity contribution in [2.45, 2.75) is 13.8 Å². The van der Waals surface area contributed by atoms with Crippen molar-refractivity contribution >= 4 is 0 Å². The zero-order chi connectivity index (χ0) is 12.6. The Labute approximate surface area is 99.6 Å². The van der Waals surface area contributed by atoms with E-state index < -0.39 is 0 Å². The highest BCUT2D eigenvalue weighted by atomic mass is 16.3. The number of benzene rings is 2. The number of aromatic hydroxyl groups is 3. The molecule has 0 fully saturated rings. The van der Waals surface area contributed by atoms with Crippen molar-refractivity contribution in [1.82, 2.24) is 0 Å². The summed E-state index contributed by atoms with van der Waals surface area (Å²) in [5.41, 5.74) is 2.73. The Morgan fingerprint density at radius 3 is 2.24 bits per heavy atom. The summed E-state index contributed by atoms with van der Waals surface area (Å²) in [5.74, 6) is -0.137. The molecule has 0 radical (unpaired) electrons. The zero-order valence-corrected chi connectivity index (χ0v) is 9.73. The minimum absolute atomic E-state index is 0.108. The molecule has 0 atom stereocenters. The molecule has 0 unspecified atom stereocenters. The summed E-state index contributed by atoms with van der Waals surface area (Å²) in [4.78, 5) is 0. The number of phenols is 3. The smallest absolute Gasteiger partial charge is 0.165 e. The molecule has 2 rings (SSSR count). The lowest BCUT2D eigenvalue weighted by atomic mass is 9.98. The summed E-state index contributed by atoms with van der Waals surface area (Å²) in [6.07, 6.45) is 0. The van der Waals surface area contributed by atoms with Crippen LogP contribution in [0.1, 0.15) is 11.1 Å². The number of aryl methyl sites for hydroxylation is 1. The van der Waals surface area contributed by atoms with Gasteiger partial charge in [-0.05, 0) is 48.7 Å². The van der Waals surface area contributed by atoms with Crippen LogP contribution in [-0.2, 0) is 0 Å². The topological polar surface area (TPSA) is 60.7 Å². The second-order valence-electron chi connectivity index (χ2n) is 4.11. The SMILES string of the molecule is Cc1cc(-c2cccc(O)c2)c(O)c(O)c1C. The van der Waals surface area contributed by atoms with Gasteiger partial charge < -0.3 is 15.3 Å². The molecule has 0 aromatic heterocycles. The zero-order valence-electron chi connectivity index (χ0n) is 9.73. The van der Waals surface area contributed by atoms with Crippen molar-refractivity contribution in [1.29, 1.82) is 0 Å². The molecule has 0 aliphatic heterocycles. The van der Waals surface area contributed by atoms with E-state index in [2.05, 4.69) is 0 Å². The van der Waals surface area contributed by atoms with Crippen LogP contribution in [0.2, 0.25) is 0 Å². The number of rotatable bonds is 1. The number of phenolic OH excluding ortho intramolecular Hbond substituents is 3. The van der Waals surface area contributed by atoms with Gasteiger partial charge in [0.2, 0.25) is 0 Å². The average Bonchev–Trinajstić information content (AvgIpc) is 2.31. The van der Waals surface area contributed by atoms with Crippen LogP contribution in [0.4, 0.5) is 0 Å². The lowest BCUT2D eigenvalue weighted by Gasteiger charge is -2.11. The maximum Gasteiger partial charge on any atom is 0.165 e. The first-order chi connectivity index (χ1) is 8.00. The van der Waals surface area contributed by atoms with Crippen LogP contribution in [0.3, 0.4) is 0 Å². The maximum atomic E-state index is 9.92. The molecule has 0 amide bonds. The minimum atomic E-state index is -0.154. The fraction of sp³-hybridized carbons (Fsp3) is 0.143. The van der Waals surface area contributed by atoms with E-state index in [1.807, 2.05) is 6.92 Å². The van der Waals surface area contributed by atoms with Crippen LogP contribution < -0.4 is 0 Å². The Hall–Kier alpha value is -2.16. The van der Waals surface area contributed by atoms with Gasteiger partial charge in [-0.25, -0.2) is 0 Å². The van der Waals surface area contributed by atoms with Crippen molar-refractivity contribution in [2.24, 2.45) is 0 Å². The van der Waals surface area contributed by atoms with Gasteiger partial charge in [0, 0.05) is 5.56 Å². The second-order valence-corrected chi connectivity index (χ2v) is 4.11. The predicted octanol–water partition coefficient (Wildman–Crippen LogP) is 3.09. The highest BCUT2D eigenvalue weighted by molar-refractivity contribution is 5.76. The molecule has 0 heterocycles. The van der Waals surface area contributed by atoms with Gasteiger partial charge in [-0.15, -0.1) is 0 Å². The molecule has 2 aromatic rings. The van der Waals surface area contributed by atoms with Gasteiger partial charge in [0.1, 0.15) is 5.75 Å². The molecule has 0 bridgehead atoms. The van der Waals surface area contributed by atoms with Crippen molar-refractivity contribution in [3.05, 3.63) is 41.5 Å². The van der Waals surface area contributed by atoms with Crippen LogP contribution in [0.25, 0.3) is 11.1 Å². The van der Waals surface area contributed by atoms with Crippen molar-refractivity contribution in [3.63, 3.8) is 0 Å². The van der Waals surface area contributed by atoms with Gasteiger partial charge in [-0.2, -0.15) is 0 Å². The Morgan fingerprint density at radius 2 is 1.59 bits per heavy atom. The van der Waals surface area contributed by atoms with Gasteiger partial charge in [-0.3, -0.25) is 0 Å². The van der Waals surface area contributed by atoms with E-state index >= 15 is 0 Å². The van der Waals surface area contributed by atoms with E-state index in [0.29, 0.717) is 16.7 Å². The van der Waals surface area contributed by atoms with Gasteiger partial charge in [0.25, 0.3) is 0 Å². The first-order valence-electron chi connectivity index (χ1n) is 5.32. The molecular formula is C14H14O3. The quantitative estimate of drug-likeness (QED) is 0.660. The normalized spacial score (nSPS) is 10.5. The molecule has 3 heteroatoms. The van der Waals surface area contributed by atoms with Crippen LogP contribution >= 0.6 is 0 Å². The Morgan fingerprint density at radius 1 is 0.882 bits per heavy atom. The lowest BCUT2D eigenvalue weighted by Crippen LogP contribution is -1.87. The maximum absolute atomic E-state index is 9.92. The summed E-state index contributed by atoms with van der Waals surface area (Å²) < 4.78 is 0. The summed E-state index contributed by atoms with van der Waals surface area (Å²) in [7, 11) is 0. The van der Waals surface area contributed by atoms with Gasteiger partial charge in [0.15, 0.2) is 11.5 Å². The Bertz CT molecular complexity index is 574. The highest BCUT2D eigenvalue weighted by Crippen LogP contribution is 2.40. The number of hydrogen-bond donors (Lipinski definition) is 3. The standard InChI is InChI=1S/C14H14O3/c1-8-6-12(14(17)13(16)9(8)2)10-4-3-5-11(15)7-10/h3-7,15-17H,1-2H3. The fourth-order valence-electron chi connectivity index (χ4n) is 1.78. The lowest BCUT2D eigenvalue weighted by molar-refractivity contribution is 0.402. The molecular weight excluding hydrogens is 216 g/mol. The van der Waals surface area contributed by atoms with E-state index in [1.165, 1.54) is 0 Å². The molecule has 2 aromatic carbocycles. The van der Waals surface area contributed by atoms with Crippen molar-refractivity contribution in [2.75, 3.05) is 0 Å². The van der Waals surface area contributed by atoms with Gasteiger partial charge >= 0.3 is 0 Å². The highest BCUT2D eigenvalue weighted by Gasteiger charge is 2.13. The van der Waals surface area contributed by atoms with E-state index in [9.17, 15) is 15.3 Å². The monoisotopic (exact) mass is 230 g/mol. The van der Waals surface area contributed by atoms with Crippen LogP contribution in [0, 0.1) is 13.8 Å². The molecule has 0 aliphatic carbocycles. The van der Waals surface area contributed by atoms with E-state index in [1.54, 1.807) is 37.3 Å². The molecule has 88 valence electrons. The first-order valence-corrected chi connectivity index (χ1v) is 5.32. The fourth-order valence-corrected chi connectivity index (χ4v) is 1.78. The Kier molecular flexibility index (Phi) is 2.68. The molecule has 17 heavy (non-hydrogen) atoms. The number of hydrogen-bond acceptors (Lipinski definition) is 3. The Balaban J connectivity index is 2.68. The van der Waals surface area contributed by atoms with Crippen LogP contribution in [0.5, 0.6) is 17.2 Å². The largest absolute Gasteiger partial charge is 0.508 e. The molecule has 0 saturated carbocycles. The molecule has 0 aliphatic rings.